The summed E-state index contributed by atoms with van der Waals surface area (Å²) in [5, 5.41) is 2.85. The number of carbonyl (C=O) groups is 1. The number of nitrogens with zero attached hydrogens (tertiary/aromatic N) is 1. The van der Waals surface area contributed by atoms with E-state index in [1.807, 2.05) is 0 Å². The lowest BCUT2D eigenvalue weighted by molar-refractivity contribution is 0.0851. The Balaban J connectivity index is 1.90. The number of hydrogen-bond donors (Lipinski definition) is 2. The second-order valence-electron chi connectivity index (χ2n) is 4.11. The van der Waals surface area contributed by atoms with E-state index in [1.54, 1.807) is 23.9 Å². The van der Waals surface area contributed by atoms with Crippen molar-refractivity contribution in [2.75, 3.05) is 18.9 Å². The van der Waals surface area contributed by atoms with E-state index in [0.29, 0.717) is 17.9 Å². The van der Waals surface area contributed by atoms with E-state index in [-0.39, 0.29) is 12.0 Å². The average molecular weight is 223 g/mol. The highest BCUT2D eigenvalue weighted by Gasteiger charge is 2.17. The van der Waals surface area contributed by atoms with Crippen LogP contribution < -0.4 is 11.1 Å². The van der Waals surface area contributed by atoms with Gasteiger partial charge in [0.05, 0.1) is 11.8 Å². The molecule has 0 bridgehead atoms. The number of aromatic nitrogens is 1. The maximum absolute atomic E-state index is 11.8. The molecule has 2 heterocycles. The van der Waals surface area contributed by atoms with Crippen molar-refractivity contribution < 1.29 is 9.53 Å². The van der Waals surface area contributed by atoms with Crippen LogP contribution in [-0.4, -0.2) is 29.7 Å². The molecule has 1 atom stereocenters. The summed E-state index contributed by atoms with van der Waals surface area (Å²) in [6, 6.07) is 1.67. The summed E-state index contributed by atoms with van der Waals surface area (Å²) in [6.45, 7) is 1.38. The monoisotopic (exact) mass is 223 g/mol. The van der Waals surface area contributed by atoms with Crippen molar-refractivity contribution in [3.8, 4) is 0 Å². The molecule has 1 unspecified atom stereocenters. The molecule has 1 aliphatic rings. The molecule has 1 amide bonds. The Morgan fingerprint density at radius 3 is 3.12 bits per heavy atom. The smallest absolute Gasteiger partial charge is 0.268 e. The fourth-order valence-electron chi connectivity index (χ4n) is 1.92. The minimum absolute atomic E-state index is 0.102. The highest BCUT2D eigenvalue weighted by Crippen LogP contribution is 2.12. The molecule has 0 aliphatic carbocycles. The van der Waals surface area contributed by atoms with E-state index < -0.39 is 0 Å². The summed E-state index contributed by atoms with van der Waals surface area (Å²) in [5.74, 6) is -0.102. The zero-order chi connectivity index (χ0) is 11.5. The molecule has 0 aromatic carbocycles. The minimum Gasteiger partial charge on any atom is -0.397 e. The summed E-state index contributed by atoms with van der Waals surface area (Å²) in [5.41, 5.74) is 6.79. The van der Waals surface area contributed by atoms with E-state index >= 15 is 0 Å². The molecule has 0 spiro atoms. The lowest BCUT2D eigenvalue weighted by Gasteiger charge is -2.10. The number of hydrogen-bond acceptors (Lipinski definition) is 3. The van der Waals surface area contributed by atoms with Gasteiger partial charge in [0, 0.05) is 26.4 Å². The van der Waals surface area contributed by atoms with Crippen LogP contribution >= 0.6 is 0 Å². The number of ether oxygens (including phenoxy) is 1. The van der Waals surface area contributed by atoms with Crippen LogP contribution in [0.5, 0.6) is 0 Å². The Morgan fingerprint density at radius 1 is 1.75 bits per heavy atom. The van der Waals surface area contributed by atoms with Gasteiger partial charge in [-0.25, -0.2) is 0 Å². The second-order valence-corrected chi connectivity index (χ2v) is 4.11. The van der Waals surface area contributed by atoms with Crippen LogP contribution in [0, 0.1) is 0 Å². The first-order chi connectivity index (χ1) is 7.66. The first kappa shape index (κ1) is 11.0. The van der Waals surface area contributed by atoms with Gasteiger partial charge < -0.3 is 20.4 Å². The highest BCUT2D eigenvalue weighted by atomic mass is 16.5. The maximum Gasteiger partial charge on any atom is 0.268 e. The third kappa shape index (κ3) is 2.36. The Kier molecular flexibility index (Phi) is 3.14. The molecule has 3 N–H and O–H groups in total. The van der Waals surface area contributed by atoms with Crippen molar-refractivity contribution >= 4 is 11.6 Å². The summed E-state index contributed by atoms with van der Waals surface area (Å²) >= 11 is 0. The van der Waals surface area contributed by atoms with E-state index in [9.17, 15) is 4.79 Å². The molecule has 1 fully saturated rings. The molecule has 1 aliphatic heterocycles. The number of aryl methyl sites for hydroxylation is 1. The fraction of sp³-hybridized carbons (Fsp3) is 0.545. The standard InChI is InChI=1S/C11H17N3O2/c1-14-7-8(12)5-10(14)11(15)13-6-9-3-2-4-16-9/h5,7,9H,2-4,6,12H2,1H3,(H,13,15). The average Bonchev–Trinajstić information content (AvgIpc) is 2.84. The SMILES string of the molecule is Cn1cc(N)cc1C(=O)NCC1CCCO1. The van der Waals surface area contributed by atoms with E-state index in [2.05, 4.69) is 5.32 Å². The number of anilines is 1. The summed E-state index contributed by atoms with van der Waals surface area (Å²) in [6.07, 6.45) is 4.00. The van der Waals surface area contributed by atoms with Gasteiger partial charge in [0.1, 0.15) is 5.69 Å². The molecule has 1 aromatic rings. The largest absolute Gasteiger partial charge is 0.397 e. The van der Waals surface area contributed by atoms with Crippen molar-refractivity contribution in [1.29, 1.82) is 0 Å². The molecule has 0 radical (unpaired) electrons. The molecule has 1 saturated heterocycles. The lowest BCUT2D eigenvalue weighted by Crippen LogP contribution is -2.32. The van der Waals surface area contributed by atoms with Gasteiger partial charge in [0.25, 0.3) is 5.91 Å². The zero-order valence-corrected chi connectivity index (χ0v) is 9.40. The normalized spacial score (nSPS) is 19.9. The number of nitrogens with one attached hydrogen (secondary N) is 1. The third-order valence-electron chi connectivity index (χ3n) is 2.77. The lowest BCUT2D eigenvalue weighted by atomic mass is 10.2. The molecule has 1 aromatic heterocycles. The quantitative estimate of drug-likeness (QED) is 0.784. The fourth-order valence-corrected chi connectivity index (χ4v) is 1.92. The van der Waals surface area contributed by atoms with Crippen molar-refractivity contribution in [1.82, 2.24) is 9.88 Å². The molecule has 0 saturated carbocycles. The van der Waals surface area contributed by atoms with Gasteiger partial charge in [0.15, 0.2) is 0 Å². The van der Waals surface area contributed by atoms with Gasteiger partial charge in [-0.2, -0.15) is 0 Å². The molecule has 2 rings (SSSR count). The molecule has 16 heavy (non-hydrogen) atoms. The van der Waals surface area contributed by atoms with Crippen LogP contribution in [0.3, 0.4) is 0 Å². The Morgan fingerprint density at radius 2 is 2.56 bits per heavy atom. The topological polar surface area (TPSA) is 69.3 Å². The van der Waals surface area contributed by atoms with Crippen LogP contribution in [0.2, 0.25) is 0 Å². The van der Waals surface area contributed by atoms with E-state index in [4.69, 9.17) is 10.5 Å². The van der Waals surface area contributed by atoms with Gasteiger partial charge >= 0.3 is 0 Å². The molecule has 5 heteroatoms. The predicted octanol–water partition coefficient (Wildman–Crippen LogP) is 0.516. The summed E-state index contributed by atoms with van der Waals surface area (Å²) < 4.78 is 7.15. The number of nitrogen functional groups attached to an aromatic ring is 1. The molecule has 88 valence electrons. The summed E-state index contributed by atoms with van der Waals surface area (Å²) in [7, 11) is 1.80. The number of carbonyl (C=O) groups excluding carboxylic acids is 1. The van der Waals surface area contributed by atoms with Gasteiger partial charge in [-0.1, -0.05) is 0 Å². The molecular weight excluding hydrogens is 206 g/mol. The molecular formula is C11H17N3O2. The minimum atomic E-state index is -0.102. The zero-order valence-electron chi connectivity index (χ0n) is 9.40. The van der Waals surface area contributed by atoms with Crippen molar-refractivity contribution in [2.24, 2.45) is 7.05 Å². The first-order valence-corrected chi connectivity index (χ1v) is 5.48. The second kappa shape index (κ2) is 4.57. The highest BCUT2D eigenvalue weighted by molar-refractivity contribution is 5.93. The number of nitrogens with two attached hydrogens (primary N) is 1. The molecule has 5 nitrogen and oxygen atoms in total. The van der Waals surface area contributed by atoms with Crippen LogP contribution in [0.1, 0.15) is 23.3 Å². The van der Waals surface area contributed by atoms with Crippen LogP contribution in [0.4, 0.5) is 5.69 Å². The van der Waals surface area contributed by atoms with Gasteiger partial charge in [-0.05, 0) is 18.9 Å². The van der Waals surface area contributed by atoms with Crippen LogP contribution in [-0.2, 0) is 11.8 Å². The Bertz CT molecular complexity index is 381. The Hall–Kier alpha value is -1.49. The first-order valence-electron chi connectivity index (χ1n) is 5.48. The van der Waals surface area contributed by atoms with Gasteiger partial charge in [-0.3, -0.25) is 4.79 Å². The van der Waals surface area contributed by atoms with Crippen molar-refractivity contribution in [3.05, 3.63) is 18.0 Å². The van der Waals surface area contributed by atoms with Crippen molar-refractivity contribution in [3.63, 3.8) is 0 Å². The van der Waals surface area contributed by atoms with Crippen molar-refractivity contribution in [2.45, 2.75) is 18.9 Å². The Labute approximate surface area is 94.6 Å². The maximum atomic E-state index is 11.8. The summed E-state index contributed by atoms with van der Waals surface area (Å²) in [4.78, 5) is 11.8. The van der Waals surface area contributed by atoms with Crippen LogP contribution in [0.25, 0.3) is 0 Å². The van der Waals surface area contributed by atoms with E-state index in [1.165, 1.54) is 0 Å². The van der Waals surface area contributed by atoms with Gasteiger partial charge in [-0.15, -0.1) is 0 Å². The predicted molar refractivity (Wildman–Crippen MR) is 61.1 cm³/mol. The van der Waals surface area contributed by atoms with Gasteiger partial charge in [0.2, 0.25) is 0 Å². The third-order valence-corrected chi connectivity index (χ3v) is 2.77. The van der Waals surface area contributed by atoms with E-state index in [0.717, 1.165) is 19.4 Å². The number of amides is 1. The number of rotatable bonds is 3. The van der Waals surface area contributed by atoms with Crippen LogP contribution in [0.15, 0.2) is 12.3 Å².